The van der Waals surface area contributed by atoms with Gasteiger partial charge in [0.05, 0.1) is 26.9 Å². The first kappa shape index (κ1) is 17.7. The Hall–Kier alpha value is -2.73. The molecule has 142 valence electrons. The number of rotatable bonds is 4. The van der Waals surface area contributed by atoms with E-state index in [1.54, 1.807) is 14.2 Å². The molecule has 0 aliphatic carbocycles. The predicted octanol–water partition coefficient (Wildman–Crippen LogP) is 2.89. The maximum absolute atomic E-state index is 11.7. The van der Waals surface area contributed by atoms with Crippen LogP contribution in [0.3, 0.4) is 0 Å². The first-order valence-corrected chi connectivity index (χ1v) is 8.97. The Morgan fingerprint density at radius 1 is 1.04 bits per heavy atom. The summed E-state index contributed by atoms with van der Waals surface area (Å²) >= 11 is 0. The number of phenols is 1. The van der Waals surface area contributed by atoms with Gasteiger partial charge in [-0.3, -0.25) is 9.69 Å². The number of fused-ring (bicyclic) bond motifs is 4. The lowest BCUT2D eigenvalue weighted by Crippen LogP contribution is -2.39. The summed E-state index contributed by atoms with van der Waals surface area (Å²) in [7, 11) is 4.77. The van der Waals surface area contributed by atoms with Crippen molar-refractivity contribution in [2.75, 3.05) is 27.9 Å². The lowest BCUT2D eigenvalue weighted by atomic mass is 9.82. The van der Waals surface area contributed by atoms with E-state index in [9.17, 15) is 9.90 Å². The molecule has 2 aromatic carbocycles. The maximum Gasteiger partial charge on any atom is 0.168 e. The lowest BCUT2D eigenvalue weighted by molar-refractivity contribution is 0.111. The van der Waals surface area contributed by atoms with Crippen molar-refractivity contribution in [3.8, 4) is 23.0 Å². The molecular formula is C21H23NO5. The fourth-order valence-corrected chi connectivity index (χ4v) is 4.35. The SMILES string of the molecule is COc1cc2c(cc1OC)[C@@H]1Cc3c(cc(OC)c(O)c3C=O)CN1CC2. The van der Waals surface area contributed by atoms with Crippen LogP contribution in [-0.4, -0.2) is 44.2 Å². The number of hydrogen-bond donors (Lipinski definition) is 1. The Kier molecular flexibility index (Phi) is 4.44. The van der Waals surface area contributed by atoms with Crippen molar-refractivity contribution in [1.29, 1.82) is 0 Å². The van der Waals surface area contributed by atoms with Crippen molar-refractivity contribution < 1.29 is 24.1 Å². The fourth-order valence-electron chi connectivity index (χ4n) is 4.35. The normalized spacial score (nSPS) is 18.1. The van der Waals surface area contributed by atoms with Crippen LogP contribution in [0.1, 0.15) is 38.7 Å². The average Bonchev–Trinajstić information content (AvgIpc) is 2.70. The van der Waals surface area contributed by atoms with E-state index in [2.05, 4.69) is 4.90 Å². The first-order valence-electron chi connectivity index (χ1n) is 8.97. The zero-order valence-electron chi connectivity index (χ0n) is 15.7. The molecule has 1 atom stereocenters. The van der Waals surface area contributed by atoms with Gasteiger partial charge in [-0.25, -0.2) is 0 Å². The minimum Gasteiger partial charge on any atom is -0.504 e. The first-order chi connectivity index (χ1) is 13.1. The van der Waals surface area contributed by atoms with Crippen LogP contribution in [0.15, 0.2) is 18.2 Å². The Balaban J connectivity index is 1.82. The molecule has 0 amide bonds. The van der Waals surface area contributed by atoms with E-state index in [0.717, 1.165) is 36.1 Å². The number of nitrogens with zero attached hydrogens (tertiary/aromatic N) is 1. The van der Waals surface area contributed by atoms with Gasteiger partial charge in [-0.2, -0.15) is 0 Å². The van der Waals surface area contributed by atoms with E-state index in [1.165, 1.54) is 18.2 Å². The third kappa shape index (κ3) is 2.72. The van der Waals surface area contributed by atoms with Crippen LogP contribution < -0.4 is 14.2 Å². The van der Waals surface area contributed by atoms with Crippen molar-refractivity contribution >= 4 is 6.29 Å². The van der Waals surface area contributed by atoms with E-state index >= 15 is 0 Å². The molecule has 0 saturated heterocycles. The summed E-state index contributed by atoms with van der Waals surface area (Å²) in [6.07, 6.45) is 2.31. The zero-order valence-corrected chi connectivity index (χ0v) is 15.7. The van der Waals surface area contributed by atoms with Crippen LogP contribution in [0, 0.1) is 0 Å². The van der Waals surface area contributed by atoms with Crippen LogP contribution in [0.2, 0.25) is 0 Å². The molecule has 0 spiro atoms. The molecule has 0 aromatic heterocycles. The molecule has 2 aliphatic heterocycles. The van der Waals surface area contributed by atoms with Gasteiger partial charge < -0.3 is 19.3 Å². The summed E-state index contributed by atoms with van der Waals surface area (Å²) < 4.78 is 16.2. The summed E-state index contributed by atoms with van der Waals surface area (Å²) in [5.41, 5.74) is 4.69. The molecular weight excluding hydrogens is 346 g/mol. The summed E-state index contributed by atoms with van der Waals surface area (Å²) in [6, 6.07) is 6.07. The second kappa shape index (κ2) is 6.78. The van der Waals surface area contributed by atoms with Gasteiger partial charge in [-0.15, -0.1) is 0 Å². The minimum absolute atomic E-state index is 0.0805. The van der Waals surface area contributed by atoms with Gasteiger partial charge in [0, 0.05) is 19.1 Å². The zero-order chi connectivity index (χ0) is 19.1. The van der Waals surface area contributed by atoms with Gasteiger partial charge in [0.25, 0.3) is 0 Å². The summed E-state index contributed by atoms with van der Waals surface area (Å²) in [5.74, 6) is 1.70. The van der Waals surface area contributed by atoms with E-state index < -0.39 is 0 Å². The van der Waals surface area contributed by atoms with E-state index in [0.29, 0.717) is 30.0 Å². The predicted molar refractivity (Wildman–Crippen MR) is 100 cm³/mol. The van der Waals surface area contributed by atoms with Crippen molar-refractivity contribution in [2.24, 2.45) is 0 Å². The van der Waals surface area contributed by atoms with Crippen LogP contribution in [-0.2, 0) is 19.4 Å². The van der Waals surface area contributed by atoms with Gasteiger partial charge in [-0.1, -0.05) is 0 Å². The summed E-state index contributed by atoms with van der Waals surface area (Å²) in [4.78, 5) is 14.1. The average molecular weight is 369 g/mol. The van der Waals surface area contributed by atoms with E-state index in [1.807, 2.05) is 18.2 Å². The minimum atomic E-state index is -0.0805. The third-order valence-corrected chi connectivity index (χ3v) is 5.73. The number of methoxy groups -OCH3 is 3. The van der Waals surface area contributed by atoms with Crippen molar-refractivity contribution in [2.45, 2.75) is 25.4 Å². The number of phenolic OH excluding ortho intramolecular Hbond substituents is 1. The van der Waals surface area contributed by atoms with Gasteiger partial charge >= 0.3 is 0 Å². The van der Waals surface area contributed by atoms with Gasteiger partial charge in [0.15, 0.2) is 29.3 Å². The molecule has 0 bridgehead atoms. The number of ether oxygens (including phenoxy) is 3. The molecule has 1 N–H and O–H groups in total. The smallest absolute Gasteiger partial charge is 0.168 e. The molecule has 4 rings (SSSR count). The number of benzene rings is 2. The number of aromatic hydroxyl groups is 1. The van der Waals surface area contributed by atoms with Crippen LogP contribution >= 0.6 is 0 Å². The fraction of sp³-hybridized carbons (Fsp3) is 0.381. The maximum atomic E-state index is 11.7. The molecule has 6 heteroatoms. The number of aldehydes is 1. The van der Waals surface area contributed by atoms with E-state index in [4.69, 9.17) is 14.2 Å². The second-order valence-electron chi connectivity index (χ2n) is 6.94. The molecule has 2 aliphatic rings. The standard InChI is InChI=1S/C21H23NO5/c1-25-18-6-12-4-5-22-10-13-7-20(27-3)21(24)16(11-23)14(13)8-17(22)15(12)9-19(18)26-2/h6-7,9,11,17,24H,4-5,8,10H2,1-3H3/t17-/m0/s1. The third-order valence-electron chi connectivity index (χ3n) is 5.73. The number of carbonyl (C=O) groups is 1. The summed E-state index contributed by atoms with van der Waals surface area (Å²) in [5, 5.41) is 10.4. The Bertz CT molecular complexity index is 908. The largest absolute Gasteiger partial charge is 0.504 e. The van der Waals surface area contributed by atoms with Crippen LogP contribution in [0.4, 0.5) is 0 Å². The van der Waals surface area contributed by atoms with Crippen LogP contribution in [0.5, 0.6) is 23.0 Å². The highest BCUT2D eigenvalue weighted by atomic mass is 16.5. The molecule has 2 aromatic rings. The lowest BCUT2D eigenvalue weighted by Gasteiger charge is -2.42. The van der Waals surface area contributed by atoms with Crippen molar-refractivity contribution in [3.05, 3.63) is 46.0 Å². The molecule has 0 unspecified atom stereocenters. The van der Waals surface area contributed by atoms with Gasteiger partial charge in [-0.05, 0) is 53.3 Å². The van der Waals surface area contributed by atoms with Gasteiger partial charge in [0.1, 0.15) is 0 Å². The molecule has 27 heavy (non-hydrogen) atoms. The Labute approximate surface area is 158 Å². The molecule has 2 heterocycles. The molecule has 6 nitrogen and oxygen atoms in total. The number of carbonyl (C=O) groups excluding carboxylic acids is 1. The highest BCUT2D eigenvalue weighted by Crippen LogP contribution is 2.45. The molecule has 0 fully saturated rings. The second-order valence-corrected chi connectivity index (χ2v) is 6.94. The monoisotopic (exact) mass is 369 g/mol. The topological polar surface area (TPSA) is 68.2 Å². The van der Waals surface area contributed by atoms with E-state index in [-0.39, 0.29) is 11.8 Å². The highest BCUT2D eigenvalue weighted by Gasteiger charge is 2.35. The van der Waals surface area contributed by atoms with Crippen molar-refractivity contribution in [3.63, 3.8) is 0 Å². The molecule has 0 saturated carbocycles. The Morgan fingerprint density at radius 3 is 2.37 bits per heavy atom. The van der Waals surface area contributed by atoms with Crippen molar-refractivity contribution in [1.82, 2.24) is 4.90 Å². The summed E-state index contributed by atoms with van der Waals surface area (Å²) in [6.45, 7) is 1.64. The quantitative estimate of drug-likeness (QED) is 0.836. The highest BCUT2D eigenvalue weighted by molar-refractivity contribution is 5.84. The Morgan fingerprint density at radius 2 is 1.70 bits per heavy atom. The molecule has 0 radical (unpaired) electrons. The number of hydrogen-bond acceptors (Lipinski definition) is 6. The van der Waals surface area contributed by atoms with Gasteiger partial charge in [0.2, 0.25) is 0 Å². The van der Waals surface area contributed by atoms with Crippen LogP contribution in [0.25, 0.3) is 0 Å².